The first-order chi connectivity index (χ1) is 12.8. The number of ether oxygens (including phenoxy) is 1. The van der Waals surface area contributed by atoms with Gasteiger partial charge >= 0.3 is 0 Å². The van der Waals surface area contributed by atoms with Crippen LogP contribution in [0, 0.1) is 19.7 Å². The second-order valence-corrected chi connectivity index (χ2v) is 8.65. The molecular weight excluding hydrogens is 497 g/mol. The van der Waals surface area contributed by atoms with Crippen molar-refractivity contribution in [1.82, 2.24) is 0 Å². The molecule has 0 fully saturated rings. The van der Waals surface area contributed by atoms with Crippen molar-refractivity contribution >= 4 is 54.8 Å². The van der Waals surface area contributed by atoms with Gasteiger partial charge in [0.2, 0.25) is 0 Å². The zero-order valence-electron chi connectivity index (χ0n) is 14.6. The molecule has 0 saturated carbocycles. The normalized spacial score (nSPS) is 10.7. The molecule has 0 saturated heterocycles. The first-order valence-corrected chi connectivity index (χ1v) is 10.5. The summed E-state index contributed by atoms with van der Waals surface area (Å²) in [5, 5.41) is 4.70. The molecule has 1 N–H and O–H groups in total. The summed E-state index contributed by atoms with van der Waals surface area (Å²) in [5.41, 5.74) is 3.57. The molecule has 27 heavy (non-hydrogen) atoms. The van der Waals surface area contributed by atoms with Crippen LogP contribution in [0.4, 0.5) is 10.1 Å². The molecule has 1 heterocycles. The van der Waals surface area contributed by atoms with Crippen LogP contribution < -0.4 is 10.1 Å². The highest BCUT2D eigenvalue weighted by atomic mass is 79.9. The molecule has 0 atom stereocenters. The van der Waals surface area contributed by atoms with E-state index >= 15 is 0 Å². The van der Waals surface area contributed by atoms with Crippen molar-refractivity contribution in [3.63, 3.8) is 0 Å². The topological polar surface area (TPSA) is 38.3 Å². The summed E-state index contributed by atoms with van der Waals surface area (Å²) in [5.74, 6) is 0.217. The number of aryl methyl sites for hydroxylation is 2. The van der Waals surface area contributed by atoms with Gasteiger partial charge < -0.3 is 10.1 Å². The van der Waals surface area contributed by atoms with E-state index in [2.05, 4.69) is 37.2 Å². The Morgan fingerprint density at radius 3 is 2.41 bits per heavy atom. The van der Waals surface area contributed by atoms with Gasteiger partial charge in [-0.25, -0.2) is 4.39 Å². The number of carbonyl (C=O) groups is 1. The van der Waals surface area contributed by atoms with Crippen molar-refractivity contribution in [2.24, 2.45) is 0 Å². The van der Waals surface area contributed by atoms with Crippen LogP contribution in [0.1, 0.15) is 26.4 Å². The monoisotopic (exact) mass is 511 g/mol. The van der Waals surface area contributed by atoms with Crippen LogP contribution in [-0.4, -0.2) is 5.91 Å². The second-order valence-electron chi connectivity index (χ2n) is 6.03. The van der Waals surface area contributed by atoms with Gasteiger partial charge in [-0.1, -0.05) is 18.2 Å². The van der Waals surface area contributed by atoms with E-state index in [1.807, 2.05) is 37.4 Å². The maximum atomic E-state index is 13.4. The van der Waals surface area contributed by atoms with E-state index in [1.54, 1.807) is 6.07 Å². The predicted octanol–water partition coefficient (Wildman–Crippen LogP) is 6.86. The lowest BCUT2D eigenvalue weighted by atomic mass is 10.1. The van der Waals surface area contributed by atoms with Crippen LogP contribution in [0.2, 0.25) is 0 Å². The van der Waals surface area contributed by atoms with E-state index < -0.39 is 5.82 Å². The van der Waals surface area contributed by atoms with Gasteiger partial charge in [0.25, 0.3) is 5.91 Å². The molecule has 3 aromatic rings. The van der Waals surface area contributed by atoms with E-state index in [4.69, 9.17) is 4.74 Å². The molecule has 7 heteroatoms. The van der Waals surface area contributed by atoms with Crippen molar-refractivity contribution in [2.45, 2.75) is 20.5 Å². The highest BCUT2D eigenvalue weighted by Crippen LogP contribution is 2.33. The molecule has 1 aromatic heterocycles. The molecule has 140 valence electrons. The Labute approximate surface area is 177 Å². The zero-order chi connectivity index (χ0) is 19.6. The number of rotatable bonds is 5. The summed E-state index contributed by atoms with van der Waals surface area (Å²) >= 11 is 7.87. The van der Waals surface area contributed by atoms with Crippen molar-refractivity contribution in [3.8, 4) is 5.75 Å². The fourth-order valence-corrected chi connectivity index (χ4v) is 4.71. The first kappa shape index (κ1) is 20.0. The maximum absolute atomic E-state index is 13.4. The minimum Gasteiger partial charge on any atom is -0.488 e. The van der Waals surface area contributed by atoms with Crippen molar-refractivity contribution < 1.29 is 13.9 Å². The molecule has 0 unspecified atom stereocenters. The standard InChI is InChI=1S/C20H16Br2FNO2S/c1-11-4-3-5-12(2)19(11)26-9-13-6-17(27-10-13)20(25)24-18-15(21)7-14(23)8-16(18)22/h3-8,10H,9H2,1-2H3,(H,24,25). The predicted molar refractivity (Wildman–Crippen MR) is 114 cm³/mol. The van der Waals surface area contributed by atoms with Crippen LogP contribution in [0.3, 0.4) is 0 Å². The quantitative estimate of drug-likeness (QED) is 0.405. The highest BCUT2D eigenvalue weighted by Gasteiger charge is 2.15. The molecule has 1 amide bonds. The van der Waals surface area contributed by atoms with Gasteiger partial charge in [0.1, 0.15) is 18.2 Å². The van der Waals surface area contributed by atoms with Gasteiger partial charge in [0, 0.05) is 14.5 Å². The average Bonchev–Trinajstić information content (AvgIpc) is 3.06. The van der Waals surface area contributed by atoms with Crippen LogP contribution in [-0.2, 0) is 6.61 Å². The number of halogens is 3. The van der Waals surface area contributed by atoms with E-state index in [-0.39, 0.29) is 5.91 Å². The highest BCUT2D eigenvalue weighted by molar-refractivity contribution is 9.11. The number of hydrogen-bond donors (Lipinski definition) is 1. The maximum Gasteiger partial charge on any atom is 0.265 e. The molecule has 0 radical (unpaired) electrons. The fraction of sp³-hybridized carbons (Fsp3) is 0.150. The summed E-state index contributed by atoms with van der Waals surface area (Å²) in [6.45, 7) is 4.40. The summed E-state index contributed by atoms with van der Waals surface area (Å²) in [7, 11) is 0. The number of amides is 1. The Kier molecular flexibility index (Phi) is 6.34. The number of nitrogens with one attached hydrogen (secondary N) is 1. The van der Waals surface area contributed by atoms with Crippen LogP contribution in [0.25, 0.3) is 0 Å². The Balaban J connectivity index is 1.69. The summed E-state index contributed by atoms with van der Waals surface area (Å²) in [4.78, 5) is 13.1. The minimum atomic E-state index is -0.395. The Morgan fingerprint density at radius 2 is 1.78 bits per heavy atom. The van der Waals surface area contributed by atoms with Gasteiger partial charge in [-0.3, -0.25) is 4.79 Å². The van der Waals surface area contributed by atoms with E-state index in [9.17, 15) is 9.18 Å². The van der Waals surface area contributed by atoms with Crippen molar-refractivity contribution in [1.29, 1.82) is 0 Å². The largest absolute Gasteiger partial charge is 0.488 e. The second kappa shape index (κ2) is 8.54. The molecule has 0 bridgehead atoms. The van der Waals surface area contributed by atoms with Gasteiger partial charge in [-0.05, 0) is 80.4 Å². The van der Waals surface area contributed by atoms with Crippen molar-refractivity contribution in [2.75, 3.05) is 5.32 Å². The van der Waals surface area contributed by atoms with Gasteiger partial charge in [-0.15, -0.1) is 11.3 Å². The summed E-state index contributed by atoms with van der Waals surface area (Å²) in [6, 6.07) is 10.4. The van der Waals surface area contributed by atoms with Crippen molar-refractivity contribution in [3.05, 3.63) is 78.1 Å². The van der Waals surface area contributed by atoms with E-state index in [1.165, 1.54) is 23.5 Å². The summed E-state index contributed by atoms with van der Waals surface area (Å²) in [6.07, 6.45) is 0. The number of benzene rings is 2. The average molecular weight is 513 g/mol. The molecule has 3 nitrogen and oxygen atoms in total. The van der Waals surface area contributed by atoms with Gasteiger partial charge in [0.15, 0.2) is 0 Å². The first-order valence-electron chi connectivity index (χ1n) is 8.07. The smallest absolute Gasteiger partial charge is 0.265 e. The van der Waals surface area contributed by atoms with E-state index in [0.29, 0.717) is 26.1 Å². The third kappa shape index (κ3) is 4.78. The van der Waals surface area contributed by atoms with Gasteiger partial charge in [0.05, 0.1) is 10.6 Å². The number of carbonyl (C=O) groups excluding carboxylic acids is 1. The number of para-hydroxylation sites is 1. The lowest BCUT2D eigenvalue weighted by Crippen LogP contribution is -2.11. The van der Waals surface area contributed by atoms with Crippen LogP contribution >= 0.6 is 43.2 Å². The fourth-order valence-electron chi connectivity index (χ4n) is 2.59. The number of hydrogen-bond acceptors (Lipinski definition) is 3. The molecule has 3 rings (SSSR count). The third-order valence-electron chi connectivity index (χ3n) is 3.91. The molecule has 2 aromatic carbocycles. The number of anilines is 1. The van der Waals surface area contributed by atoms with Gasteiger partial charge in [-0.2, -0.15) is 0 Å². The lowest BCUT2D eigenvalue weighted by Gasteiger charge is -2.11. The molecule has 0 aliphatic carbocycles. The molecule has 0 aliphatic heterocycles. The third-order valence-corrected chi connectivity index (χ3v) is 6.14. The molecular formula is C20H16Br2FNO2S. The van der Waals surface area contributed by atoms with Crippen LogP contribution in [0.15, 0.2) is 50.7 Å². The Morgan fingerprint density at radius 1 is 1.15 bits per heavy atom. The number of thiophene rings is 1. The minimum absolute atomic E-state index is 0.258. The Bertz CT molecular complexity index is 960. The lowest BCUT2D eigenvalue weighted by molar-refractivity contribution is 0.103. The van der Waals surface area contributed by atoms with Crippen LogP contribution in [0.5, 0.6) is 5.75 Å². The summed E-state index contributed by atoms with van der Waals surface area (Å²) < 4.78 is 20.2. The SMILES string of the molecule is Cc1cccc(C)c1OCc1csc(C(=O)Nc2c(Br)cc(F)cc2Br)c1. The Hall–Kier alpha value is -1.70. The van der Waals surface area contributed by atoms with E-state index in [0.717, 1.165) is 22.4 Å². The zero-order valence-corrected chi connectivity index (χ0v) is 18.6. The molecule has 0 aliphatic rings. The molecule has 0 spiro atoms.